The highest BCUT2D eigenvalue weighted by Crippen LogP contribution is 2.29. The minimum Gasteiger partial charge on any atom is -0.275 e. The highest BCUT2D eigenvalue weighted by Gasteiger charge is 2.29. The van der Waals surface area contributed by atoms with Gasteiger partial charge >= 0.3 is 6.18 Å². The number of hydrogen-bond acceptors (Lipinski definition) is 4. The van der Waals surface area contributed by atoms with Crippen LogP contribution < -0.4 is 0 Å². The standard InChI is InChI=1S/C16H14F3N3OS2/c1-22-7-12(6-20-22)15-21-14(8-24-15)10-25(23)9-11-2-4-13(5-3-11)16(17,18)19/h2-8H,9-10H2,1H3/t25-/m1/s1. The number of nitrogens with zero attached hydrogens (tertiary/aromatic N) is 3. The second kappa shape index (κ2) is 7.09. The number of halogens is 3. The van der Waals surface area contributed by atoms with E-state index in [2.05, 4.69) is 10.1 Å². The number of alkyl halides is 3. The van der Waals surface area contributed by atoms with E-state index in [1.807, 2.05) is 18.6 Å². The van der Waals surface area contributed by atoms with Crippen LogP contribution in [0, 0.1) is 0 Å². The minimum atomic E-state index is -4.36. The number of aromatic nitrogens is 3. The smallest absolute Gasteiger partial charge is 0.275 e. The van der Waals surface area contributed by atoms with E-state index in [4.69, 9.17) is 0 Å². The molecule has 0 bridgehead atoms. The van der Waals surface area contributed by atoms with Gasteiger partial charge in [0, 0.05) is 40.7 Å². The molecule has 0 aliphatic rings. The largest absolute Gasteiger partial charge is 0.416 e. The van der Waals surface area contributed by atoms with Crippen LogP contribution in [0.2, 0.25) is 0 Å². The van der Waals surface area contributed by atoms with Crippen molar-refractivity contribution in [3.05, 3.63) is 58.9 Å². The molecule has 0 amide bonds. The maximum absolute atomic E-state index is 12.5. The van der Waals surface area contributed by atoms with Gasteiger partial charge in [0.25, 0.3) is 0 Å². The quantitative estimate of drug-likeness (QED) is 0.667. The normalized spacial score (nSPS) is 13.1. The molecule has 0 fully saturated rings. The maximum Gasteiger partial charge on any atom is 0.416 e. The highest BCUT2D eigenvalue weighted by molar-refractivity contribution is 7.83. The second-order valence-electron chi connectivity index (χ2n) is 5.47. The van der Waals surface area contributed by atoms with Crippen molar-refractivity contribution in [1.82, 2.24) is 14.8 Å². The van der Waals surface area contributed by atoms with Crippen LogP contribution in [-0.4, -0.2) is 19.0 Å². The third kappa shape index (κ3) is 4.55. The fraction of sp³-hybridized carbons (Fsp3) is 0.250. The molecule has 0 aliphatic heterocycles. The lowest BCUT2D eigenvalue weighted by molar-refractivity contribution is -0.137. The molecule has 9 heteroatoms. The maximum atomic E-state index is 12.5. The monoisotopic (exact) mass is 385 g/mol. The molecule has 2 aromatic heterocycles. The summed E-state index contributed by atoms with van der Waals surface area (Å²) in [6, 6.07) is 4.75. The summed E-state index contributed by atoms with van der Waals surface area (Å²) in [4.78, 5) is 4.45. The Balaban J connectivity index is 1.62. The summed E-state index contributed by atoms with van der Waals surface area (Å²) in [5, 5.41) is 6.73. The third-order valence-corrected chi connectivity index (χ3v) is 5.63. The molecular weight excluding hydrogens is 371 g/mol. The van der Waals surface area contributed by atoms with Crippen molar-refractivity contribution in [2.45, 2.75) is 17.7 Å². The summed E-state index contributed by atoms with van der Waals surface area (Å²) < 4.78 is 51.6. The van der Waals surface area contributed by atoms with E-state index >= 15 is 0 Å². The lowest BCUT2D eigenvalue weighted by atomic mass is 10.1. The van der Waals surface area contributed by atoms with Crippen LogP contribution in [0.5, 0.6) is 0 Å². The second-order valence-corrected chi connectivity index (χ2v) is 7.78. The molecule has 3 aromatic rings. The van der Waals surface area contributed by atoms with E-state index in [-0.39, 0.29) is 11.5 Å². The number of benzene rings is 1. The molecule has 1 atom stereocenters. The van der Waals surface area contributed by atoms with Crippen LogP contribution in [0.25, 0.3) is 10.6 Å². The predicted octanol–water partition coefficient (Wildman–Crippen LogP) is 4.01. The molecule has 1 aromatic carbocycles. The van der Waals surface area contributed by atoms with Crippen molar-refractivity contribution >= 4 is 22.1 Å². The summed E-state index contributed by atoms with van der Waals surface area (Å²) in [5.74, 6) is 0.454. The van der Waals surface area contributed by atoms with Gasteiger partial charge in [-0.1, -0.05) is 12.1 Å². The number of thiazole rings is 1. The first-order valence-corrected chi connectivity index (χ1v) is 9.62. The highest BCUT2D eigenvalue weighted by atomic mass is 32.2. The molecule has 3 rings (SSSR count). The lowest BCUT2D eigenvalue weighted by Crippen LogP contribution is -2.05. The van der Waals surface area contributed by atoms with Crippen LogP contribution in [0.4, 0.5) is 13.2 Å². The van der Waals surface area contributed by atoms with Gasteiger partial charge in [-0.25, -0.2) is 4.98 Å². The van der Waals surface area contributed by atoms with E-state index in [0.29, 0.717) is 11.3 Å². The molecule has 0 aliphatic carbocycles. The Hall–Kier alpha value is -2.00. The summed E-state index contributed by atoms with van der Waals surface area (Å²) in [7, 11) is 0.571. The Morgan fingerprint density at radius 2 is 1.92 bits per heavy atom. The van der Waals surface area contributed by atoms with Crippen LogP contribution in [-0.2, 0) is 35.5 Å². The SMILES string of the molecule is Cn1cc(-c2nc(C[S@](=O)Cc3ccc(C(F)(F)F)cc3)cs2)cn1. The Labute approximate surface area is 148 Å². The average molecular weight is 385 g/mol. The van der Waals surface area contributed by atoms with E-state index in [1.165, 1.54) is 23.5 Å². The fourth-order valence-corrected chi connectivity index (χ4v) is 4.27. The Bertz CT molecular complexity index is 885. The van der Waals surface area contributed by atoms with Gasteiger partial charge in [0.05, 0.1) is 23.2 Å². The van der Waals surface area contributed by atoms with Gasteiger partial charge in [0.15, 0.2) is 0 Å². The van der Waals surface area contributed by atoms with Crippen LogP contribution in [0.1, 0.15) is 16.8 Å². The molecule has 0 saturated carbocycles. The van der Waals surface area contributed by atoms with Gasteiger partial charge in [0.2, 0.25) is 0 Å². The van der Waals surface area contributed by atoms with E-state index in [0.717, 1.165) is 22.7 Å². The number of aryl methyl sites for hydroxylation is 1. The van der Waals surface area contributed by atoms with Crippen molar-refractivity contribution < 1.29 is 17.4 Å². The first kappa shape index (κ1) is 17.8. The summed E-state index contributed by atoms with van der Waals surface area (Å²) >= 11 is 1.45. The molecule has 132 valence electrons. The molecule has 0 saturated heterocycles. The van der Waals surface area contributed by atoms with E-state index < -0.39 is 22.5 Å². The van der Waals surface area contributed by atoms with Gasteiger partial charge < -0.3 is 0 Å². The molecule has 0 spiro atoms. The van der Waals surface area contributed by atoms with Gasteiger partial charge in [0.1, 0.15) is 5.01 Å². The topological polar surface area (TPSA) is 47.8 Å². The van der Waals surface area contributed by atoms with Crippen molar-refractivity contribution in [3.8, 4) is 10.6 Å². The molecular formula is C16H14F3N3OS2. The molecule has 2 heterocycles. The molecule has 0 radical (unpaired) electrons. The van der Waals surface area contributed by atoms with Gasteiger partial charge in [-0.05, 0) is 17.7 Å². The van der Waals surface area contributed by atoms with E-state index in [1.54, 1.807) is 10.9 Å². The van der Waals surface area contributed by atoms with Crippen molar-refractivity contribution in [3.63, 3.8) is 0 Å². The van der Waals surface area contributed by atoms with Crippen molar-refractivity contribution in [1.29, 1.82) is 0 Å². The Morgan fingerprint density at radius 1 is 1.20 bits per heavy atom. The lowest BCUT2D eigenvalue weighted by Gasteiger charge is -2.07. The summed E-state index contributed by atoms with van der Waals surface area (Å²) in [6.45, 7) is 0. The van der Waals surface area contributed by atoms with Crippen molar-refractivity contribution in [2.24, 2.45) is 7.05 Å². The summed E-state index contributed by atoms with van der Waals surface area (Å²) in [5.41, 5.74) is 1.50. The zero-order valence-electron chi connectivity index (χ0n) is 13.2. The molecule has 0 unspecified atom stereocenters. The van der Waals surface area contributed by atoms with Crippen LogP contribution in [0.3, 0.4) is 0 Å². The van der Waals surface area contributed by atoms with E-state index in [9.17, 15) is 17.4 Å². The first-order chi connectivity index (χ1) is 11.8. The Morgan fingerprint density at radius 3 is 2.52 bits per heavy atom. The van der Waals surface area contributed by atoms with Gasteiger partial charge in [-0.2, -0.15) is 18.3 Å². The number of hydrogen-bond donors (Lipinski definition) is 0. The summed E-state index contributed by atoms with van der Waals surface area (Å²) in [6.07, 6.45) is -0.801. The average Bonchev–Trinajstić information content (AvgIpc) is 3.15. The Kier molecular flexibility index (Phi) is 5.05. The molecule has 0 N–H and O–H groups in total. The first-order valence-electron chi connectivity index (χ1n) is 7.26. The molecule has 25 heavy (non-hydrogen) atoms. The van der Waals surface area contributed by atoms with Crippen molar-refractivity contribution in [2.75, 3.05) is 0 Å². The van der Waals surface area contributed by atoms with Crippen LogP contribution in [0.15, 0.2) is 42.0 Å². The fourth-order valence-electron chi connectivity index (χ4n) is 2.23. The molecule has 4 nitrogen and oxygen atoms in total. The minimum absolute atomic E-state index is 0.192. The van der Waals surface area contributed by atoms with Gasteiger partial charge in [-0.15, -0.1) is 11.3 Å². The zero-order chi connectivity index (χ0) is 18.0. The van der Waals surface area contributed by atoms with Gasteiger partial charge in [-0.3, -0.25) is 8.89 Å². The zero-order valence-corrected chi connectivity index (χ0v) is 14.8. The third-order valence-electron chi connectivity index (χ3n) is 3.42. The number of rotatable bonds is 5. The predicted molar refractivity (Wildman–Crippen MR) is 91.3 cm³/mol. The van der Waals surface area contributed by atoms with Crippen LogP contribution >= 0.6 is 11.3 Å².